The van der Waals surface area contributed by atoms with Gasteiger partial charge >= 0.3 is 5.97 Å². The van der Waals surface area contributed by atoms with Crippen molar-refractivity contribution in [3.8, 4) is 0 Å². The van der Waals surface area contributed by atoms with E-state index >= 15 is 0 Å². The third kappa shape index (κ3) is 3.90. The molecule has 1 aromatic heterocycles. The number of methoxy groups -OCH3 is 1. The predicted molar refractivity (Wildman–Crippen MR) is 75.9 cm³/mol. The van der Waals surface area contributed by atoms with Crippen molar-refractivity contribution in [2.75, 3.05) is 12.5 Å². The molecule has 0 fully saturated rings. The fourth-order valence-electron chi connectivity index (χ4n) is 1.45. The predicted octanol–water partition coefficient (Wildman–Crippen LogP) is 1.67. The fraction of sp³-hybridized carbons (Fsp3) is 0.0769. The zero-order chi connectivity index (χ0) is 15.2. The smallest absolute Gasteiger partial charge is 0.337 e. The Labute approximate surface area is 125 Å². The van der Waals surface area contributed by atoms with Crippen molar-refractivity contribution in [2.24, 2.45) is 0 Å². The normalized spacial score (nSPS) is 9.81. The molecule has 0 aliphatic heterocycles. The number of rotatable bonds is 4. The Balaban J connectivity index is 1.97. The Morgan fingerprint density at radius 2 is 1.76 bits per heavy atom. The highest BCUT2D eigenvalue weighted by atomic mass is 35.5. The summed E-state index contributed by atoms with van der Waals surface area (Å²) in [5, 5.41) is 0.255. The second-order valence-corrected chi connectivity index (χ2v) is 4.26. The SMILES string of the molecule is COC(=O)c1ccc(C(=O)NNc2cnc(Cl)cn2)cc1. The average Bonchev–Trinajstić information content (AvgIpc) is 2.53. The zero-order valence-corrected chi connectivity index (χ0v) is 11.7. The van der Waals surface area contributed by atoms with Crippen molar-refractivity contribution < 1.29 is 14.3 Å². The van der Waals surface area contributed by atoms with Crippen LogP contribution in [0.2, 0.25) is 5.15 Å². The van der Waals surface area contributed by atoms with Crippen molar-refractivity contribution in [2.45, 2.75) is 0 Å². The van der Waals surface area contributed by atoms with Crippen LogP contribution in [0.15, 0.2) is 36.7 Å². The van der Waals surface area contributed by atoms with Gasteiger partial charge in [0.25, 0.3) is 5.91 Å². The summed E-state index contributed by atoms with van der Waals surface area (Å²) in [5.41, 5.74) is 5.78. The number of esters is 1. The van der Waals surface area contributed by atoms with Gasteiger partial charge in [0, 0.05) is 5.56 Å². The molecule has 0 aliphatic rings. The molecule has 0 aliphatic carbocycles. The molecule has 0 atom stereocenters. The van der Waals surface area contributed by atoms with Crippen LogP contribution in [0, 0.1) is 0 Å². The Morgan fingerprint density at radius 1 is 1.10 bits per heavy atom. The van der Waals surface area contributed by atoms with E-state index in [4.69, 9.17) is 11.6 Å². The molecule has 1 heterocycles. The van der Waals surface area contributed by atoms with Gasteiger partial charge in [-0.2, -0.15) is 0 Å². The van der Waals surface area contributed by atoms with Crippen LogP contribution in [0.5, 0.6) is 0 Å². The molecule has 108 valence electrons. The highest BCUT2D eigenvalue weighted by molar-refractivity contribution is 6.29. The first-order chi connectivity index (χ1) is 10.1. The Morgan fingerprint density at radius 3 is 2.33 bits per heavy atom. The lowest BCUT2D eigenvalue weighted by Crippen LogP contribution is -2.29. The maximum Gasteiger partial charge on any atom is 0.337 e. The minimum atomic E-state index is -0.462. The molecule has 0 saturated heterocycles. The summed E-state index contributed by atoms with van der Waals surface area (Å²) < 4.78 is 4.57. The number of carbonyl (C=O) groups excluding carboxylic acids is 2. The van der Waals surface area contributed by atoms with Gasteiger partial charge in [-0.3, -0.25) is 15.6 Å². The lowest BCUT2D eigenvalue weighted by molar-refractivity contribution is 0.0600. The van der Waals surface area contributed by atoms with E-state index in [2.05, 4.69) is 25.6 Å². The molecule has 2 aromatic rings. The van der Waals surface area contributed by atoms with Crippen LogP contribution >= 0.6 is 11.6 Å². The highest BCUT2D eigenvalue weighted by Gasteiger charge is 2.08. The summed E-state index contributed by atoms with van der Waals surface area (Å²) in [4.78, 5) is 30.9. The number of carbonyl (C=O) groups is 2. The van der Waals surface area contributed by atoms with Crippen molar-refractivity contribution in [1.29, 1.82) is 0 Å². The van der Waals surface area contributed by atoms with Crippen LogP contribution in [-0.4, -0.2) is 29.0 Å². The van der Waals surface area contributed by atoms with Crippen molar-refractivity contribution in [3.05, 3.63) is 52.9 Å². The van der Waals surface area contributed by atoms with Gasteiger partial charge in [0.05, 0.1) is 25.1 Å². The van der Waals surface area contributed by atoms with Crippen LogP contribution in [0.1, 0.15) is 20.7 Å². The molecule has 0 unspecified atom stereocenters. The number of ether oxygens (including phenoxy) is 1. The Hall–Kier alpha value is -2.67. The fourth-order valence-corrected chi connectivity index (χ4v) is 1.54. The molecule has 1 amide bonds. The highest BCUT2D eigenvalue weighted by Crippen LogP contribution is 2.07. The van der Waals surface area contributed by atoms with Crippen LogP contribution in [0.25, 0.3) is 0 Å². The Bertz CT molecular complexity index is 643. The molecular formula is C13H11ClN4O3. The molecule has 0 saturated carbocycles. The number of anilines is 1. The number of hydrazine groups is 1. The lowest BCUT2D eigenvalue weighted by atomic mass is 10.1. The van der Waals surface area contributed by atoms with Gasteiger partial charge in [0.2, 0.25) is 0 Å². The maximum atomic E-state index is 11.9. The van der Waals surface area contributed by atoms with E-state index in [0.29, 0.717) is 16.9 Å². The minimum Gasteiger partial charge on any atom is -0.465 e. The number of amides is 1. The van der Waals surface area contributed by atoms with E-state index in [0.717, 1.165) is 0 Å². The molecule has 8 heteroatoms. The van der Waals surface area contributed by atoms with Crippen molar-refractivity contribution in [3.63, 3.8) is 0 Å². The molecule has 0 radical (unpaired) electrons. The number of nitrogens with zero attached hydrogens (tertiary/aromatic N) is 2. The third-order valence-electron chi connectivity index (χ3n) is 2.49. The summed E-state index contributed by atoms with van der Waals surface area (Å²) in [7, 11) is 1.29. The van der Waals surface area contributed by atoms with Gasteiger partial charge in [0.15, 0.2) is 5.82 Å². The Kier molecular flexibility index (Phi) is 4.68. The van der Waals surface area contributed by atoms with Crippen LogP contribution in [0.4, 0.5) is 5.82 Å². The molecule has 0 bridgehead atoms. The zero-order valence-electron chi connectivity index (χ0n) is 11.0. The number of nitrogens with one attached hydrogen (secondary N) is 2. The van der Waals surface area contributed by atoms with E-state index in [-0.39, 0.29) is 11.1 Å². The summed E-state index contributed by atoms with van der Waals surface area (Å²) in [5.74, 6) is -0.501. The summed E-state index contributed by atoms with van der Waals surface area (Å²) in [6.07, 6.45) is 2.73. The van der Waals surface area contributed by atoms with Gasteiger partial charge < -0.3 is 4.74 Å². The van der Waals surface area contributed by atoms with Gasteiger partial charge in [-0.05, 0) is 24.3 Å². The average molecular weight is 307 g/mol. The second kappa shape index (κ2) is 6.67. The topological polar surface area (TPSA) is 93.2 Å². The number of hydrogen-bond acceptors (Lipinski definition) is 6. The van der Waals surface area contributed by atoms with E-state index in [1.807, 2.05) is 0 Å². The number of halogens is 1. The molecule has 0 spiro atoms. The standard InChI is InChI=1S/C13H11ClN4O3/c1-21-13(20)9-4-2-8(3-5-9)12(19)18-17-11-7-15-10(14)6-16-11/h2-7H,1H3,(H,16,17)(H,18,19). The van der Waals surface area contributed by atoms with Crippen molar-refractivity contribution >= 4 is 29.3 Å². The van der Waals surface area contributed by atoms with Crippen LogP contribution in [0.3, 0.4) is 0 Å². The van der Waals surface area contributed by atoms with Gasteiger partial charge in [-0.15, -0.1) is 0 Å². The monoisotopic (exact) mass is 306 g/mol. The van der Waals surface area contributed by atoms with Crippen LogP contribution in [-0.2, 0) is 4.74 Å². The summed E-state index contributed by atoms with van der Waals surface area (Å²) in [6, 6.07) is 6.03. The first-order valence-electron chi connectivity index (χ1n) is 5.82. The summed E-state index contributed by atoms with van der Waals surface area (Å²) >= 11 is 5.60. The molecular weight excluding hydrogens is 296 g/mol. The molecule has 2 N–H and O–H groups in total. The second-order valence-electron chi connectivity index (χ2n) is 3.87. The van der Waals surface area contributed by atoms with Crippen LogP contribution < -0.4 is 10.9 Å². The van der Waals surface area contributed by atoms with E-state index in [1.54, 1.807) is 0 Å². The molecule has 7 nitrogen and oxygen atoms in total. The quantitative estimate of drug-likeness (QED) is 0.659. The largest absolute Gasteiger partial charge is 0.465 e. The number of benzene rings is 1. The number of hydrogen-bond donors (Lipinski definition) is 2. The van der Waals surface area contributed by atoms with Gasteiger partial charge in [0.1, 0.15) is 5.15 Å². The summed E-state index contributed by atoms with van der Waals surface area (Å²) in [6.45, 7) is 0. The van der Waals surface area contributed by atoms with Gasteiger partial charge in [-0.25, -0.2) is 14.8 Å². The lowest BCUT2D eigenvalue weighted by Gasteiger charge is -2.07. The molecule has 2 rings (SSSR count). The van der Waals surface area contributed by atoms with Gasteiger partial charge in [-0.1, -0.05) is 11.6 Å². The van der Waals surface area contributed by atoms with Crippen molar-refractivity contribution in [1.82, 2.24) is 15.4 Å². The first-order valence-corrected chi connectivity index (χ1v) is 6.20. The third-order valence-corrected chi connectivity index (χ3v) is 2.69. The number of aromatic nitrogens is 2. The van der Waals surface area contributed by atoms with E-state index < -0.39 is 5.97 Å². The molecule has 21 heavy (non-hydrogen) atoms. The molecule has 1 aromatic carbocycles. The maximum absolute atomic E-state index is 11.9. The van der Waals surface area contributed by atoms with E-state index in [1.165, 1.54) is 43.8 Å². The van der Waals surface area contributed by atoms with E-state index in [9.17, 15) is 9.59 Å². The minimum absolute atomic E-state index is 0.255. The first kappa shape index (κ1) is 14.7.